The second kappa shape index (κ2) is 5.49. The third-order valence-corrected chi connectivity index (χ3v) is 3.31. The van der Waals surface area contributed by atoms with Crippen LogP contribution in [0.5, 0.6) is 0 Å². The highest BCUT2D eigenvalue weighted by Crippen LogP contribution is 2.30. The molecule has 1 unspecified atom stereocenters. The quantitative estimate of drug-likeness (QED) is 0.668. The number of likely N-dealkylation sites (N-methyl/N-ethyl adjacent to an activating group) is 1. The zero-order chi connectivity index (χ0) is 13.1. The summed E-state index contributed by atoms with van der Waals surface area (Å²) in [5.41, 5.74) is -0.0312. The van der Waals surface area contributed by atoms with Crippen LogP contribution in [0.1, 0.15) is 13.3 Å². The third-order valence-electron chi connectivity index (χ3n) is 3.10. The Kier molecular flexibility index (Phi) is 3.98. The first-order valence-corrected chi connectivity index (χ1v) is 6.28. The van der Waals surface area contributed by atoms with Gasteiger partial charge in [-0.1, -0.05) is 11.6 Å². The summed E-state index contributed by atoms with van der Waals surface area (Å²) in [5, 5.41) is 14.6. The fourth-order valence-corrected chi connectivity index (χ4v) is 2.42. The number of nitrogens with one attached hydrogen (secondary N) is 1. The molecule has 1 N–H and O–H groups in total. The summed E-state index contributed by atoms with van der Waals surface area (Å²) in [6.07, 6.45) is 2.42. The number of nitrogens with zero attached hydrogens (tertiary/aromatic N) is 3. The minimum atomic E-state index is -0.431. The maximum Gasteiger partial charge on any atom is 0.313 e. The number of pyridine rings is 1. The molecule has 1 atom stereocenters. The van der Waals surface area contributed by atoms with Gasteiger partial charge in [0.2, 0.25) is 5.82 Å². The predicted octanol–water partition coefficient (Wildman–Crippen LogP) is 1.83. The Labute approximate surface area is 110 Å². The Morgan fingerprint density at radius 2 is 2.50 bits per heavy atom. The molecule has 7 heteroatoms. The number of hydrogen-bond acceptors (Lipinski definition) is 5. The van der Waals surface area contributed by atoms with Gasteiger partial charge in [0.25, 0.3) is 0 Å². The van der Waals surface area contributed by atoms with Crippen molar-refractivity contribution in [3.05, 3.63) is 27.4 Å². The highest BCUT2D eigenvalue weighted by Gasteiger charge is 2.28. The van der Waals surface area contributed by atoms with Gasteiger partial charge < -0.3 is 10.2 Å². The van der Waals surface area contributed by atoms with E-state index in [0.717, 1.165) is 19.5 Å². The summed E-state index contributed by atoms with van der Waals surface area (Å²) in [7, 11) is 0. The van der Waals surface area contributed by atoms with E-state index in [1.165, 1.54) is 12.3 Å². The molecule has 1 aliphatic rings. The van der Waals surface area contributed by atoms with Gasteiger partial charge in [0, 0.05) is 31.4 Å². The SMILES string of the molecule is CCN(c1ncc(Cl)cc1[N+](=O)[O-])C1CCNC1. The van der Waals surface area contributed by atoms with Crippen molar-refractivity contribution in [2.45, 2.75) is 19.4 Å². The van der Waals surface area contributed by atoms with Crippen molar-refractivity contribution in [1.29, 1.82) is 0 Å². The van der Waals surface area contributed by atoms with E-state index >= 15 is 0 Å². The number of hydrogen-bond donors (Lipinski definition) is 1. The molecule has 1 fully saturated rings. The molecule has 2 rings (SSSR count). The van der Waals surface area contributed by atoms with Gasteiger partial charge in [0.15, 0.2) is 0 Å². The fourth-order valence-electron chi connectivity index (χ4n) is 2.26. The summed E-state index contributed by atoms with van der Waals surface area (Å²) < 4.78 is 0. The Morgan fingerprint density at radius 1 is 1.72 bits per heavy atom. The Bertz CT molecular complexity index is 449. The average Bonchev–Trinajstić information content (AvgIpc) is 2.85. The zero-order valence-corrected chi connectivity index (χ0v) is 10.9. The molecule has 1 aromatic rings. The molecule has 98 valence electrons. The number of halogens is 1. The maximum absolute atomic E-state index is 11.1. The van der Waals surface area contributed by atoms with Crippen molar-refractivity contribution >= 4 is 23.1 Å². The van der Waals surface area contributed by atoms with Crippen molar-refractivity contribution in [3.63, 3.8) is 0 Å². The number of anilines is 1. The van der Waals surface area contributed by atoms with Crippen LogP contribution in [0.4, 0.5) is 11.5 Å². The van der Waals surface area contributed by atoms with Crippen molar-refractivity contribution in [2.24, 2.45) is 0 Å². The average molecular weight is 271 g/mol. The van der Waals surface area contributed by atoms with Gasteiger partial charge in [-0.05, 0) is 19.9 Å². The lowest BCUT2D eigenvalue weighted by Crippen LogP contribution is -2.37. The predicted molar refractivity (Wildman–Crippen MR) is 70.2 cm³/mol. The van der Waals surface area contributed by atoms with Crippen LogP contribution in [0.2, 0.25) is 5.02 Å². The molecule has 0 spiro atoms. The summed E-state index contributed by atoms with van der Waals surface area (Å²) in [6, 6.07) is 1.61. The first-order valence-electron chi connectivity index (χ1n) is 5.90. The highest BCUT2D eigenvalue weighted by molar-refractivity contribution is 6.30. The summed E-state index contributed by atoms with van der Waals surface area (Å²) in [4.78, 5) is 16.7. The van der Waals surface area contributed by atoms with Gasteiger partial charge in [-0.2, -0.15) is 0 Å². The third kappa shape index (κ3) is 2.54. The molecule has 0 radical (unpaired) electrons. The van der Waals surface area contributed by atoms with E-state index in [-0.39, 0.29) is 16.8 Å². The summed E-state index contributed by atoms with van der Waals surface area (Å²) in [5.74, 6) is 0.403. The standard InChI is InChI=1S/C11H15ClN4O2/c1-2-15(9-3-4-13-7-9)11-10(16(17)18)5-8(12)6-14-11/h5-6,9,13H,2-4,7H2,1H3. The van der Waals surface area contributed by atoms with Crippen LogP contribution in [0.3, 0.4) is 0 Å². The molecule has 18 heavy (non-hydrogen) atoms. The van der Waals surface area contributed by atoms with E-state index in [1.807, 2.05) is 11.8 Å². The lowest BCUT2D eigenvalue weighted by atomic mass is 10.2. The second-order valence-corrected chi connectivity index (χ2v) is 4.62. The van der Waals surface area contributed by atoms with Crippen molar-refractivity contribution in [3.8, 4) is 0 Å². The number of rotatable bonds is 4. The summed E-state index contributed by atoms with van der Waals surface area (Å²) in [6.45, 7) is 4.41. The monoisotopic (exact) mass is 270 g/mol. The molecular formula is C11H15ClN4O2. The molecule has 0 amide bonds. The van der Waals surface area contributed by atoms with Crippen LogP contribution in [0.15, 0.2) is 12.3 Å². The molecule has 6 nitrogen and oxygen atoms in total. The first kappa shape index (κ1) is 13.0. The van der Waals surface area contributed by atoms with Crippen LogP contribution in [0, 0.1) is 10.1 Å². The van der Waals surface area contributed by atoms with Crippen LogP contribution in [-0.4, -0.2) is 35.6 Å². The summed E-state index contributed by atoms with van der Waals surface area (Å²) >= 11 is 5.77. The van der Waals surface area contributed by atoms with Crippen molar-refractivity contribution < 1.29 is 4.92 Å². The van der Waals surface area contributed by atoms with E-state index in [0.29, 0.717) is 12.4 Å². The Balaban J connectivity index is 2.37. The molecule has 2 heterocycles. The normalized spacial score (nSPS) is 18.9. The number of aromatic nitrogens is 1. The fraction of sp³-hybridized carbons (Fsp3) is 0.545. The van der Waals surface area contributed by atoms with Gasteiger partial charge in [-0.25, -0.2) is 4.98 Å². The van der Waals surface area contributed by atoms with Gasteiger partial charge in [-0.3, -0.25) is 10.1 Å². The minimum Gasteiger partial charge on any atom is -0.347 e. The van der Waals surface area contributed by atoms with Crippen LogP contribution < -0.4 is 10.2 Å². The Hall–Kier alpha value is -1.40. The van der Waals surface area contributed by atoms with Crippen molar-refractivity contribution in [1.82, 2.24) is 10.3 Å². The molecule has 0 aliphatic carbocycles. The molecule has 1 aromatic heterocycles. The smallest absolute Gasteiger partial charge is 0.313 e. The molecule has 0 aromatic carbocycles. The topological polar surface area (TPSA) is 71.3 Å². The van der Waals surface area contributed by atoms with E-state index < -0.39 is 4.92 Å². The number of nitro groups is 1. The first-order chi connectivity index (χ1) is 8.63. The van der Waals surface area contributed by atoms with E-state index in [2.05, 4.69) is 10.3 Å². The molecule has 0 saturated carbocycles. The van der Waals surface area contributed by atoms with Gasteiger partial charge >= 0.3 is 5.69 Å². The van der Waals surface area contributed by atoms with E-state index in [1.54, 1.807) is 0 Å². The van der Waals surface area contributed by atoms with E-state index in [4.69, 9.17) is 11.6 Å². The van der Waals surface area contributed by atoms with E-state index in [9.17, 15) is 10.1 Å². The Morgan fingerprint density at radius 3 is 3.06 bits per heavy atom. The molecular weight excluding hydrogens is 256 g/mol. The minimum absolute atomic E-state index is 0.0312. The van der Waals surface area contributed by atoms with Gasteiger partial charge in [-0.15, -0.1) is 0 Å². The molecule has 1 aliphatic heterocycles. The van der Waals surface area contributed by atoms with Crippen LogP contribution in [0.25, 0.3) is 0 Å². The van der Waals surface area contributed by atoms with Crippen molar-refractivity contribution in [2.75, 3.05) is 24.5 Å². The maximum atomic E-state index is 11.1. The van der Waals surface area contributed by atoms with Gasteiger partial charge in [0.05, 0.1) is 9.95 Å². The van der Waals surface area contributed by atoms with Gasteiger partial charge in [0.1, 0.15) is 0 Å². The second-order valence-electron chi connectivity index (χ2n) is 4.19. The highest BCUT2D eigenvalue weighted by atomic mass is 35.5. The molecule has 0 bridgehead atoms. The van der Waals surface area contributed by atoms with Crippen LogP contribution >= 0.6 is 11.6 Å². The van der Waals surface area contributed by atoms with Crippen LogP contribution in [-0.2, 0) is 0 Å². The lowest BCUT2D eigenvalue weighted by molar-refractivity contribution is -0.384. The largest absolute Gasteiger partial charge is 0.347 e. The lowest BCUT2D eigenvalue weighted by Gasteiger charge is -2.27. The zero-order valence-electron chi connectivity index (χ0n) is 10.1. The molecule has 1 saturated heterocycles.